The van der Waals surface area contributed by atoms with Crippen LogP contribution in [-0.4, -0.2) is 16.6 Å². The van der Waals surface area contributed by atoms with Crippen molar-refractivity contribution in [1.29, 1.82) is 0 Å². The van der Waals surface area contributed by atoms with E-state index in [4.69, 9.17) is 4.74 Å². The number of nitrogens with one attached hydrogen (secondary N) is 1. The third kappa shape index (κ3) is 2.94. The fourth-order valence-corrected chi connectivity index (χ4v) is 2.13. The zero-order valence-corrected chi connectivity index (χ0v) is 10.7. The lowest BCUT2D eigenvalue weighted by molar-refractivity contribution is 0.340. The summed E-state index contributed by atoms with van der Waals surface area (Å²) < 4.78 is 5.51. The van der Waals surface area contributed by atoms with Crippen molar-refractivity contribution in [1.82, 2.24) is 9.97 Å². The Hall–Kier alpha value is -1.62. The van der Waals surface area contributed by atoms with Crippen molar-refractivity contribution < 1.29 is 4.74 Å². The van der Waals surface area contributed by atoms with Crippen LogP contribution in [0.2, 0.25) is 0 Å². The van der Waals surface area contributed by atoms with Crippen LogP contribution in [0.4, 0.5) is 5.82 Å². The van der Waals surface area contributed by atoms with Gasteiger partial charge in [-0.2, -0.15) is 0 Å². The Morgan fingerprint density at radius 1 is 1.41 bits per heavy atom. The smallest absolute Gasteiger partial charge is 0.169 e. The molecule has 0 aromatic carbocycles. The molecule has 0 spiro atoms. The summed E-state index contributed by atoms with van der Waals surface area (Å²) in [5, 5.41) is 6.32. The Bertz CT molecular complexity index is 459. The van der Waals surface area contributed by atoms with Crippen molar-refractivity contribution in [2.24, 2.45) is 0 Å². The van der Waals surface area contributed by atoms with E-state index in [1.807, 2.05) is 24.4 Å². The number of aromatic nitrogens is 2. The molecule has 90 valence electrons. The van der Waals surface area contributed by atoms with Gasteiger partial charge in [0.2, 0.25) is 0 Å². The van der Waals surface area contributed by atoms with E-state index in [2.05, 4.69) is 22.2 Å². The number of nitrogens with zero attached hydrogens (tertiary/aromatic N) is 2. The summed E-state index contributed by atoms with van der Waals surface area (Å²) >= 11 is 1.63. The van der Waals surface area contributed by atoms with Crippen LogP contribution in [0.5, 0.6) is 5.75 Å². The van der Waals surface area contributed by atoms with Crippen LogP contribution in [-0.2, 0) is 0 Å². The van der Waals surface area contributed by atoms with Crippen LogP contribution in [0.1, 0.15) is 24.9 Å². The Kier molecular flexibility index (Phi) is 3.93. The third-order valence-corrected chi connectivity index (χ3v) is 3.20. The van der Waals surface area contributed by atoms with Crippen molar-refractivity contribution in [2.75, 3.05) is 11.9 Å². The van der Waals surface area contributed by atoms with Gasteiger partial charge in [0.25, 0.3) is 0 Å². The number of ether oxygens (including phenoxy) is 1. The first-order chi connectivity index (χ1) is 8.31. The Morgan fingerprint density at radius 3 is 3.00 bits per heavy atom. The van der Waals surface area contributed by atoms with E-state index in [9.17, 15) is 0 Å². The molecule has 0 fully saturated rings. The Labute approximate surface area is 105 Å². The molecule has 0 aliphatic rings. The predicted octanol–water partition coefficient (Wildman–Crippen LogP) is 3.11. The fourth-order valence-electron chi connectivity index (χ4n) is 1.49. The molecule has 1 N–H and O–H groups in total. The highest BCUT2D eigenvalue weighted by Crippen LogP contribution is 2.26. The van der Waals surface area contributed by atoms with Gasteiger partial charge in [0.15, 0.2) is 11.6 Å². The number of hydrogen-bond donors (Lipinski definition) is 1. The second kappa shape index (κ2) is 5.63. The molecule has 0 radical (unpaired) electrons. The van der Waals surface area contributed by atoms with Crippen molar-refractivity contribution in [3.8, 4) is 5.75 Å². The third-order valence-electron chi connectivity index (χ3n) is 2.25. The van der Waals surface area contributed by atoms with Crippen LogP contribution >= 0.6 is 11.3 Å². The number of rotatable bonds is 5. The van der Waals surface area contributed by atoms with Gasteiger partial charge in [-0.05, 0) is 26.0 Å². The summed E-state index contributed by atoms with van der Waals surface area (Å²) in [7, 11) is 0. The van der Waals surface area contributed by atoms with Crippen molar-refractivity contribution in [3.05, 3.63) is 34.9 Å². The van der Waals surface area contributed by atoms with Crippen LogP contribution in [0, 0.1) is 0 Å². The van der Waals surface area contributed by atoms with Gasteiger partial charge in [0.1, 0.15) is 5.01 Å². The fraction of sp³-hybridized carbons (Fsp3) is 0.333. The molecule has 1 unspecified atom stereocenters. The quantitative estimate of drug-likeness (QED) is 0.884. The lowest BCUT2D eigenvalue weighted by Gasteiger charge is -2.14. The molecule has 0 bridgehead atoms. The minimum atomic E-state index is 0.129. The van der Waals surface area contributed by atoms with E-state index in [-0.39, 0.29) is 6.04 Å². The molecular formula is C12H15N3OS. The van der Waals surface area contributed by atoms with Gasteiger partial charge >= 0.3 is 0 Å². The van der Waals surface area contributed by atoms with Gasteiger partial charge in [-0.15, -0.1) is 11.3 Å². The number of pyridine rings is 1. The topological polar surface area (TPSA) is 47.0 Å². The van der Waals surface area contributed by atoms with Gasteiger partial charge in [0.05, 0.1) is 12.6 Å². The summed E-state index contributed by atoms with van der Waals surface area (Å²) in [6.45, 7) is 4.65. The Balaban J connectivity index is 2.12. The van der Waals surface area contributed by atoms with Crippen LogP contribution in [0.15, 0.2) is 29.9 Å². The first-order valence-corrected chi connectivity index (χ1v) is 6.43. The molecule has 0 aliphatic heterocycles. The summed E-state index contributed by atoms with van der Waals surface area (Å²) in [6.07, 6.45) is 3.56. The summed E-state index contributed by atoms with van der Waals surface area (Å²) in [4.78, 5) is 8.56. The predicted molar refractivity (Wildman–Crippen MR) is 69.6 cm³/mol. The first kappa shape index (κ1) is 11.9. The van der Waals surface area contributed by atoms with Gasteiger partial charge in [-0.3, -0.25) is 0 Å². The van der Waals surface area contributed by atoms with E-state index in [1.165, 1.54) is 0 Å². The molecule has 4 nitrogen and oxygen atoms in total. The average Bonchev–Trinajstić information content (AvgIpc) is 2.85. The molecular weight excluding hydrogens is 234 g/mol. The standard InChI is InChI=1S/C12H15N3OS/c1-3-16-10-5-4-6-13-11(10)15-9(2)12-14-7-8-17-12/h4-9H,3H2,1-2H3,(H,13,15). The lowest BCUT2D eigenvalue weighted by atomic mass is 10.3. The summed E-state index contributed by atoms with van der Waals surface area (Å²) in [5.41, 5.74) is 0. The van der Waals surface area contributed by atoms with E-state index >= 15 is 0 Å². The monoisotopic (exact) mass is 249 g/mol. The zero-order valence-electron chi connectivity index (χ0n) is 9.88. The SMILES string of the molecule is CCOc1cccnc1NC(C)c1nccs1. The van der Waals surface area contributed by atoms with Gasteiger partial charge in [0, 0.05) is 17.8 Å². The molecule has 17 heavy (non-hydrogen) atoms. The zero-order chi connectivity index (χ0) is 12.1. The molecule has 2 aromatic heterocycles. The highest BCUT2D eigenvalue weighted by Gasteiger charge is 2.11. The molecule has 0 aliphatic carbocycles. The van der Waals surface area contributed by atoms with Crippen LogP contribution in [0.25, 0.3) is 0 Å². The van der Waals surface area contributed by atoms with E-state index in [0.717, 1.165) is 16.6 Å². The summed E-state index contributed by atoms with van der Waals surface area (Å²) in [6, 6.07) is 3.90. The first-order valence-electron chi connectivity index (χ1n) is 5.55. The molecule has 0 amide bonds. The summed E-state index contributed by atoms with van der Waals surface area (Å²) in [5.74, 6) is 1.54. The molecule has 2 aromatic rings. The maximum atomic E-state index is 5.51. The highest BCUT2D eigenvalue weighted by atomic mass is 32.1. The van der Waals surface area contributed by atoms with E-state index in [1.54, 1.807) is 23.7 Å². The molecule has 5 heteroatoms. The van der Waals surface area contributed by atoms with Gasteiger partial charge < -0.3 is 10.1 Å². The lowest BCUT2D eigenvalue weighted by Crippen LogP contribution is -2.09. The van der Waals surface area contributed by atoms with Crippen molar-refractivity contribution in [3.63, 3.8) is 0 Å². The maximum absolute atomic E-state index is 5.51. The van der Waals surface area contributed by atoms with Gasteiger partial charge in [-0.25, -0.2) is 9.97 Å². The van der Waals surface area contributed by atoms with E-state index in [0.29, 0.717) is 6.61 Å². The van der Waals surface area contributed by atoms with Crippen molar-refractivity contribution in [2.45, 2.75) is 19.9 Å². The molecule has 2 rings (SSSR count). The second-order valence-electron chi connectivity index (χ2n) is 3.52. The molecule has 2 heterocycles. The van der Waals surface area contributed by atoms with Crippen LogP contribution < -0.4 is 10.1 Å². The van der Waals surface area contributed by atoms with E-state index < -0.39 is 0 Å². The largest absolute Gasteiger partial charge is 0.490 e. The minimum absolute atomic E-state index is 0.129. The van der Waals surface area contributed by atoms with Crippen molar-refractivity contribution >= 4 is 17.2 Å². The molecule has 0 saturated carbocycles. The minimum Gasteiger partial charge on any atom is -0.490 e. The average molecular weight is 249 g/mol. The molecule has 0 saturated heterocycles. The van der Waals surface area contributed by atoms with Crippen LogP contribution in [0.3, 0.4) is 0 Å². The number of hydrogen-bond acceptors (Lipinski definition) is 5. The maximum Gasteiger partial charge on any atom is 0.169 e. The molecule has 1 atom stereocenters. The second-order valence-corrected chi connectivity index (χ2v) is 4.45. The number of anilines is 1. The highest BCUT2D eigenvalue weighted by molar-refractivity contribution is 7.09. The Morgan fingerprint density at radius 2 is 2.29 bits per heavy atom. The normalized spacial score (nSPS) is 12.1. The number of thiazole rings is 1. The van der Waals surface area contributed by atoms with Gasteiger partial charge in [-0.1, -0.05) is 0 Å².